The second-order valence-electron chi connectivity index (χ2n) is 6.07. The minimum Gasteiger partial charge on any atom is -0.389 e. The molecule has 1 unspecified atom stereocenters. The Morgan fingerprint density at radius 2 is 2.25 bits per heavy atom. The first-order valence-corrected chi connectivity index (χ1v) is 7.57. The fourth-order valence-electron chi connectivity index (χ4n) is 2.71. The van der Waals surface area contributed by atoms with Gasteiger partial charge in [0.1, 0.15) is 0 Å². The highest BCUT2D eigenvalue weighted by molar-refractivity contribution is 5.00. The summed E-state index contributed by atoms with van der Waals surface area (Å²) in [4.78, 5) is 0. The van der Waals surface area contributed by atoms with Gasteiger partial charge in [-0.2, -0.15) is 5.10 Å². The van der Waals surface area contributed by atoms with Crippen LogP contribution < -0.4 is 5.32 Å². The van der Waals surface area contributed by atoms with Gasteiger partial charge in [-0.05, 0) is 25.8 Å². The van der Waals surface area contributed by atoms with Gasteiger partial charge in [0.25, 0.3) is 0 Å². The minimum absolute atomic E-state index is 0.548. The van der Waals surface area contributed by atoms with Gasteiger partial charge in [0.2, 0.25) is 0 Å². The van der Waals surface area contributed by atoms with Gasteiger partial charge in [0, 0.05) is 39.4 Å². The number of ether oxygens (including phenoxy) is 1. The summed E-state index contributed by atoms with van der Waals surface area (Å²) in [6.45, 7) is 3.65. The maximum atomic E-state index is 10.1. The van der Waals surface area contributed by atoms with E-state index in [-0.39, 0.29) is 0 Å². The van der Waals surface area contributed by atoms with Crippen molar-refractivity contribution in [2.45, 2.75) is 57.2 Å². The number of aliphatic hydroxyl groups is 1. The van der Waals surface area contributed by atoms with Gasteiger partial charge >= 0.3 is 0 Å². The number of nitrogens with zero attached hydrogens (tertiary/aromatic N) is 2. The zero-order valence-corrected chi connectivity index (χ0v) is 12.6. The van der Waals surface area contributed by atoms with Gasteiger partial charge in [-0.25, -0.2) is 0 Å². The third kappa shape index (κ3) is 4.58. The molecule has 1 heterocycles. The Morgan fingerprint density at radius 1 is 1.50 bits per heavy atom. The van der Waals surface area contributed by atoms with Crippen molar-refractivity contribution in [3.63, 3.8) is 0 Å². The first kappa shape index (κ1) is 15.5. The number of hydrogen-bond donors (Lipinski definition) is 2. The second kappa shape index (κ2) is 7.20. The van der Waals surface area contributed by atoms with E-state index in [4.69, 9.17) is 4.74 Å². The largest absolute Gasteiger partial charge is 0.389 e. The Bertz CT molecular complexity index is 398. The van der Waals surface area contributed by atoms with Crippen molar-refractivity contribution in [2.75, 3.05) is 20.3 Å². The van der Waals surface area contributed by atoms with Crippen molar-refractivity contribution in [2.24, 2.45) is 0 Å². The van der Waals surface area contributed by atoms with E-state index in [0.717, 1.165) is 5.69 Å². The molecular formula is C15H27N3O2. The van der Waals surface area contributed by atoms with Crippen LogP contribution in [0.4, 0.5) is 0 Å². The molecule has 1 aliphatic rings. The van der Waals surface area contributed by atoms with Crippen LogP contribution in [-0.4, -0.2) is 40.7 Å². The number of aromatic nitrogens is 2. The van der Waals surface area contributed by atoms with Gasteiger partial charge in [-0.15, -0.1) is 0 Å². The molecule has 5 heteroatoms. The minimum atomic E-state index is -0.732. The van der Waals surface area contributed by atoms with Gasteiger partial charge in [0.05, 0.1) is 17.3 Å². The lowest BCUT2D eigenvalue weighted by atomic mass is 10.0. The van der Waals surface area contributed by atoms with Crippen molar-refractivity contribution in [3.05, 3.63) is 18.0 Å². The van der Waals surface area contributed by atoms with Crippen LogP contribution in [0.25, 0.3) is 0 Å². The van der Waals surface area contributed by atoms with Crippen molar-refractivity contribution in [1.82, 2.24) is 15.1 Å². The van der Waals surface area contributed by atoms with Crippen LogP contribution in [0.5, 0.6) is 0 Å². The highest BCUT2D eigenvalue weighted by Gasteiger charge is 2.20. The van der Waals surface area contributed by atoms with E-state index in [9.17, 15) is 5.11 Å². The Morgan fingerprint density at radius 3 is 2.95 bits per heavy atom. The molecule has 114 valence electrons. The molecule has 1 aliphatic carbocycles. The molecular weight excluding hydrogens is 254 g/mol. The van der Waals surface area contributed by atoms with Crippen LogP contribution in [-0.2, 0) is 11.3 Å². The molecule has 0 spiro atoms. The maximum Gasteiger partial charge on any atom is 0.0765 e. The molecule has 20 heavy (non-hydrogen) atoms. The number of rotatable bonds is 8. The van der Waals surface area contributed by atoms with Crippen molar-refractivity contribution < 1.29 is 9.84 Å². The average Bonchev–Trinajstić information content (AvgIpc) is 3.06. The monoisotopic (exact) mass is 281 g/mol. The summed E-state index contributed by atoms with van der Waals surface area (Å²) in [5.41, 5.74) is 0.309. The molecule has 0 amide bonds. The Hall–Kier alpha value is -0.910. The smallest absolute Gasteiger partial charge is 0.0765 e. The molecule has 2 rings (SSSR count). The molecule has 0 aliphatic heterocycles. The molecule has 1 aromatic rings. The Kier molecular flexibility index (Phi) is 5.57. The van der Waals surface area contributed by atoms with Crippen LogP contribution in [0.3, 0.4) is 0 Å². The first-order valence-electron chi connectivity index (χ1n) is 7.57. The van der Waals surface area contributed by atoms with E-state index in [1.54, 1.807) is 7.11 Å². The predicted molar refractivity (Wildman–Crippen MR) is 78.6 cm³/mol. The summed E-state index contributed by atoms with van der Waals surface area (Å²) in [5, 5.41) is 18.0. The zero-order chi connectivity index (χ0) is 14.4. The molecule has 0 aromatic carbocycles. The van der Waals surface area contributed by atoms with Crippen molar-refractivity contribution in [1.29, 1.82) is 0 Å². The van der Waals surface area contributed by atoms with Gasteiger partial charge < -0.3 is 15.2 Å². The van der Waals surface area contributed by atoms with Gasteiger partial charge in [-0.3, -0.25) is 4.68 Å². The molecule has 2 N–H and O–H groups in total. The molecule has 1 atom stereocenters. The lowest BCUT2D eigenvalue weighted by Gasteiger charge is -2.23. The Balaban J connectivity index is 1.74. The van der Waals surface area contributed by atoms with Crippen LogP contribution in [0.2, 0.25) is 0 Å². The molecule has 0 saturated heterocycles. The topological polar surface area (TPSA) is 59.3 Å². The van der Waals surface area contributed by atoms with Crippen molar-refractivity contribution in [3.8, 4) is 0 Å². The molecule has 0 radical (unpaired) electrons. The van der Waals surface area contributed by atoms with Gasteiger partial charge in [-0.1, -0.05) is 12.8 Å². The molecule has 0 bridgehead atoms. The number of nitrogens with one attached hydrogen (secondary N) is 1. The highest BCUT2D eigenvalue weighted by atomic mass is 16.5. The first-order chi connectivity index (χ1) is 9.61. The lowest BCUT2D eigenvalue weighted by Crippen LogP contribution is -2.38. The zero-order valence-electron chi connectivity index (χ0n) is 12.6. The van der Waals surface area contributed by atoms with Crippen LogP contribution in [0.1, 0.15) is 50.8 Å². The third-order valence-corrected chi connectivity index (χ3v) is 4.02. The summed E-state index contributed by atoms with van der Waals surface area (Å²) in [6, 6.07) is 2.66. The van der Waals surface area contributed by atoms with E-state index in [1.807, 2.05) is 6.92 Å². The summed E-state index contributed by atoms with van der Waals surface area (Å²) >= 11 is 0. The average molecular weight is 281 g/mol. The maximum absolute atomic E-state index is 10.1. The fraction of sp³-hybridized carbons (Fsp3) is 0.800. The van der Waals surface area contributed by atoms with E-state index in [0.29, 0.717) is 32.2 Å². The highest BCUT2D eigenvalue weighted by Crippen LogP contribution is 2.28. The molecule has 1 saturated carbocycles. The second-order valence-corrected chi connectivity index (χ2v) is 6.07. The SMILES string of the molecule is COCCC(C)(O)CNCc1ccn(C2CCCC2)n1. The summed E-state index contributed by atoms with van der Waals surface area (Å²) in [5.74, 6) is 0. The molecule has 1 fully saturated rings. The summed E-state index contributed by atoms with van der Waals surface area (Å²) in [6.07, 6.45) is 7.85. The Labute approximate surface area is 121 Å². The van der Waals surface area contributed by atoms with E-state index >= 15 is 0 Å². The van der Waals surface area contributed by atoms with Crippen LogP contribution >= 0.6 is 0 Å². The fourth-order valence-corrected chi connectivity index (χ4v) is 2.71. The summed E-state index contributed by atoms with van der Waals surface area (Å²) < 4.78 is 7.10. The predicted octanol–water partition coefficient (Wildman–Crippen LogP) is 1.88. The molecule has 1 aromatic heterocycles. The van der Waals surface area contributed by atoms with Crippen LogP contribution in [0.15, 0.2) is 12.3 Å². The number of methoxy groups -OCH3 is 1. The summed E-state index contributed by atoms with van der Waals surface area (Å²) in [7, 11) is 1.65. The lowest BCUT2D eigenvalue weighted by molar-refractivity contribution is 0.0247. The van der Waals surface area contributed by atoms with Crippen molar-refractivity contribution >= 4 is 0 Å². The van der Waals surface area contributed by atoms with E-state index in [2.05, 4.69) is 27.4 Å². The van der Waals surface area contributed by atoms with E-state index in [1.165, 1.54) is 25.7 Å². The third-order valence-electron chi connectivity index (χ3n) is 4.02. The number of hydrogen-bond acceptors (Lipinski definition) is 4. The van der Waals surface area contributed by atoms with Gasteiger partial charge in [0.15, 0.2) is 0 Å². The van der Waals surface area contributed by atoms with E-state index < -0.39 is 5.60 Å². The quantitative estimate of drug-likeness (QED) is 0.764. The standard InChI is InChI=1S/C15H27N3O2/c1-15(19,8-10-20-2)12-16-11-13-7-9-18(17-13)14-5-3-4-6-14/h7,9,14,16,19H,3-6,8,10-12H2,1-2H3. The van der Waals surface area contributed by atoms with Crippen LogP contribution in [0, 0.1) is 0 Å². The normalized spacial score (nSPS) is 19.4. The molecule has 5 nitrogen and oxygen atoms in total.